The third-order valence-electron chi connectivity index (χ3n) is 5.55. The van der Waals surface area contributed by atoms with E-state index in [-0.39, 0.29) is 11.3 Å². The molecule has 6 heteroatoms. The van der Waals surface area contributed by atoms with Crippen LogP contribution in [0.15, 0.2) is 23.0 Å². The van der Waals surface area contributed by atoms with Crippen LogP contribution in [0.2, 0.25) is 0 Å². The van der Waals surface area contributed by atoms with Crippen molar-refractivity contribution in [3.05, 3.63) is 39.9 Å². The lowest BCUT2D eigenvalue weighted by Gasteiger charge is -2.20. The number of ketones is 1. The summed E-state index contributed by atoms with van der Waals surface area (Å²) in [4.78, 5) is 41.9. The van der Waals surface area contributed by atoms with Crippen molar-refractivity contribution in [3.8, 4) is 0 Å². The predicted octanol–water partition coefficient (Wildman–Crippen LogP) is 3.18. The molecule has 2 aliphatic rings. The fraction of sp³-hybridized carbons (Fsp3) is 0.524. The summed E-state index contributed by atoms with van der Waals surface area (Å²) in [6.07, 6.45) is 7.24. The van der Waals surface area contributed by atoms with E-state index in [1.807, 2.05) is 0 Å². The smallest absolute Gasteiger partial charge is 0.338 e. The Balaban J connectivity index is 1.65. The van der Waals surface area contributed by atoms with E-state index < -0.39 is 12.1 Å². The van der Waals surface area contributed by atoms with Gasteiger partial charge in [0.2, 0.25) is 0 Å². The summed E-state index contributed by atoms with van der Waals surface area (Å²) in [5.41, 5.74) is 0.819. The van der Waals surface area contributed by atoms with Crippen LogP contribution in [0.1, 0.15) is 67.5 Å². The average molecular weight is 368 g/mol. The lowest BCUT2D eigenvalue weighted by Crippen LogP contribution is -2.30. The second-order valence-corrected chi connectivity index (χ2v) is 7.49. The molecule has 0 unspecified atom stereocenters. The number of aryl methyl sites for hydroxylation is 1. The van der Waals surface area contributed by atoms with Crippen molar-refractivity contribution in [1.82, 2.24) is 9.55 Å². The minimum absolute atomic E-state index is 0.00635. The fourth-order valence-corrected chi connectivity index (χ4v) is 3.99. The van der Waals surface area contributed by atoms with Gasteiger partial charge in [0, 0.05) is 19.4 Å². The van der Waals surface area contributed by atoms with E-state index in [0.717, 1.165) is 50.8 Å². The van der Waals surface area contributed by atoms with Crippen molar-refractivity contribution >= 4 is 22.7 Å². The van der Waals surface area contributed by atoms with Crippen molar-refractivity contribution in [2.45, 2.75) is 70.4 Å². The van der Waals surface area contributed by atoms with E-state index in [1.165, 1.54) is 0 Å². The minimum Gasteiger partial charge on any atom is -0.451 e. The molecule has 0 radical (unpaired) electrons. The van der Waals surface area contributed by atoms with Crippen LogP contribution < -0.4 is 5.56 Å². The number of Topliss-reactive ketones (excluding diaryl/α,β-unsaturated/α-hetero) is 1. The van der Waals surface area contributed by atoms with Gasteiger partial charge >= 0.3 is 5.97 Å². The summed E-state index contributed by atoms with van der Waals surface area (Å²) >= 11 is 0. The molecule has 0 N–H and O–H groups in total. The Morgan fingerprint density at radius 2 is 1.85 bits per heavy atom. The van der Waals surface area contributed by atoms with Gasteiger partial charge in [-0.3, -0.25) is 14.2 Å². The number of carbonyl (C=O) groups is 2. The van der Waals surface area contributed by atoms with E-state index in [0.29, 0.717) is 35.9 Å². The first-order valence-corrected chi connectivity index (χ1v) is 9.90. The summed E-state index contributed by atoms with van der Waals surface area (Å²) in [5, 5.41) is 0.518. The van der Waals surface area contributed by atoms with Crippen molar-refractivity contribution < 1.29 is 14.3 Å². The molecular formula is C21H24N2O4. The van der Waals surface area contributed by atoms with E-state index in [9.17, 15) is 14.4 Å². The Labute approximate surface area is 157 Å². The molecule has 0 saturated heterocycles. The number of esters is 1. The third kappa shape index (κ3) is 3.66. The lowest BCUT2D eigenvalue weighted by atomic mass is 9.96. The normalized spacial score (nSPS) is 20.6. The standard InChI is InChI=1S/C21H24N2O4/c24-17-7-4-5-8-18(17)27-21(26)14-10-11-15-16(13-14)22-19-9-3-1-2-6-12-23(19)20(15)25/h10-11,13,18H,1-9,12H2/t18-/m0/s1. The molecule has 1 atom stereocenters. The van der Waals surface area contributed by atoms with Crippen molar-refractivity contribution in [1.29, 1.82) is 0 Å². The van der Waals surface area contributed by atoms with Crippen molar-refractivity contribution in [3.63, 3.8) is 0 Å². The maximum atomic E-state index is 12.8. The SMILES string of the molecule is O=C(O[C@H]1CCCCC1=O)c1ccc2c(=O)n3c(nc2c1)CCCCCC3. The number of carbonyl (C=O) groups excluding carboxylic acids is 2. The first-order valence-electron chi connectivity index (χ1n) is 9.90. The Morgan fingerprint density at radius 3 is 2.70 bits per heavy atom. The summed E-state index contributed by atoms with van der Waals surface area (Å²) in [6, 6.07) is 4.86. The number of hydrogen-bond acceptors (Lipinski definition) is 5. The van der Waals surface area contributed by atoms with Gasteiger partial charge in [-0.15, -0.1) is 0 Å². The average Bonchev–Trinajstić information content (AvgIpc) is 2.65. The number of hydrogen-bond donors (Lipinski definition) is 0. The largest absolute Gasteiger partial charge is 0.451 e. The topological polar surface area (TPSA) is 78.3 Å². The molecule has 142 valence electrons. The van der Waals surface area contributed by atoms with Gasteiger partial charge in [-0.05, 0) is 50.3 Å². The first kappa shape index (κ1) is 17.9. The van der Waals surface area contributed by atoms with Crippen LogP contribution in [-0.2, 0) is 22.5 Å². The Bertz CT molecular complexity index is 947. The molecule has 0 bridgehead atoms. The number of aromatic nitrogens is 2. The first-order chi connectivity index (χ1) is 13.1. The van der Waals surface area contributed by atoms with Crippen LogP contribution in [0, 0.1) is 0 Å². The molecular weight excluding hydrogens is 344 g/mol. The second kappa shape index (κ2) is 7.62. The van der Waals surface area contributed by atoms with Crippen LogP contribution in [0.4, 0.5) is 0 Å². The maximum absolute atomic E-state index is 12.8. The molecule has 1 aliphatic heterocycles. The van der Waals surface area contributed by atoms with Gasteiger partial charge < -0.3 is 4.74 Å². The highest BCUT2D eigenvalue weighted by Crippen LogP contribution is 2.20. The molecule has 1 aromatic heterocycles. The number of rotatable bonds is 2. The predicted molar refractivity (Wildman–Crippen MR) is 101 cm³/mol. The van der Waals surface area contributed by atoms with Gasteiger partial charge in [-0.2, -0.15) is 0 Å². The molecule has 2 heterocycles. The van der Waals surface area contributed by atoms with Gasteiger partial charge in [-0.1, -0.05) is 12.8 Å². The summed E-state index contributed by atoms with van der Waals surface area (Å²) < 4.78 is 7.20. The molecule has 2 aromatic rings. The number of benzene rings is 1. The number of ether oxygens (including phenoxy) is 1. The highest BCUT2D eigenvalue weighted by Gasteiger charge is 2.26. The van der Waals surface area contributed by atoms with Crippen LogP contribution >= 0.6 is 0 Å². The van der Waals surface area contributed by atoms with Gasteiger partial charge in [0.05, 0.1) is 16.5 Å². The molecule has 1 aromatic carbocycles. The lowest BCUT2D eigenvalue weighted by molar-refractivity contribution is -0.129. The van der Waals surface area contributed by atoms with Crippen molar-refractivity contribution in [2.24, 2.45) is 0 Å². The second-order valence-electron chi connectivity index (χ2n) is 7.49. The fourth-order valence-electron chi connectivity index (χ4n) is 3.99. The Kier molecular flexibility index (Phi) is 5.05. The van der Waals surface area contributed by atoms with Crippen LogP contribution in [0.5, 0.6) is 0 Å². The van der Waals surface area contributed by atoms with Gasteiger partial charge in [0.25, 0.3) is 5.56 Å². The molecule has 1 fully saturated rings. The Hall–Kier alpha value is -2.50. The highest BCUT2D eigenvalue weighted by atomic mass is 16.5. The third-order valence-corrected chi connectivity index (χ3v) is 5.55. The minimum atomic E-state index is -0.642. The van der Waals surface area contributed by atoms with Crippen LogP contribution in [0.3, 0.4) is 0 Å². The van der Waals surface area contributed by atoms with Crippen molar-refractivity contribution in [2.75, 3.05) is 0 Å². The quantitative estimate of drug-likeness (QED) is 0.761. The summed E-state index contributed by atoms with van der Waals surface area (Å²) in [7, 11) is 0. The Morgan fingerprint density at radius 1 is 1.04 bits per heavy atom. The van der Waals surface area contributed by atoms with Gasteiger partial charge in [0.15, 0.2) is 11.9 Å². The zero-order chi connectivity index (χ0) is 18.8. The number of nitrogens with zero attached hydrogens (tertiary/aromatic N) is 2. The van der Waals surface area contributed by atoms with Crippen LogP contribution in [0.25, 0.3) is 10.9 Å². The zero-order valence-corrected chi connectivity index (χ0v) is 15.4. The maximum Gasteiger partial charge on any atom is 0.338 e. The van der Waals surface area contributed by atoms with E-state index in [4.69, 9.17) is 4.74 Å². The zero-order valence-electron chi connectivity index (χ0n) is 15.4. The molecule has 27 heavy (non-hydrogen) atoms. The monoisotopic (exact) mass is 368 g/mol. The number of fused-ring (bicyclic) bond motifs is 2. The molecule has 6 nitrogen and oxygen atoms in total. The molecule has 0 spiro atoms. The van der Waals surface area contributed by atoms with E-state index in [1.54, 1.807) is 22.8 Å². The van der Waals surface area contributed by atoms with Crippen LogP contribution in [-0.4, -0.2) is 27.4 Å². The molecule has 0 amide bonds. The molecule has 1 aliphatic carbocycles. The van der Waals surface area contributed by atoms with E-state index in [2.05, 4.69) is 4.98 Å². The van der Waals surface area contributed by atoms with Gasteiger partial charge in [-0.25, -0.2) is 9.78 Å². The molecule has 4 rings (SSSR count). The highest BCUT2D eigenvalue weighted by molar-refractivity contribution is 5.96. The summed E-state index contributed by atoms with van der Waals surface area (Å²) in [6.45, 7) is 0.699. The van der Waals surface area contributed by atoms with E-state index >= 15 is 0 Å². The summed E-state index contributed by atoms with van der Waals surface area (Å²) in [5.74, 6) is 0.263. The molecule has 1 saturated carbocycles. The van der Waals surface area contributed by atoms with Gasteiger partial charge in [0.1, 0.15) is 5.82 Å².